The highest BCUT2D eigenvalue weighted by atomic mass is 16.1. The van der Waals surface area contributed by atoms with Crippen LogP contribution in [0.3, 0.4) is 0 Å². The monoisotopic (exact) mass is 152 g/mol. The summed E-state index contributed by atoms with van der Waals surface area (Å²) in [5.41, 5.74) is 0.416. The summed E-state index contributed by atoms with van der Waals surface area (Å²) in [6.45, 7) is 2.26. The van der Waals surface area contributed by atoms with Crippen molar-refractivity contribution in [1.82, 2.24) is 0 Å². The van der Waals surface area contributed by atoms with Crippen molar-refractivity contribution in [3.05, 3.63) is 0 Å². The zero-order valence-electron chi connectivity index (χ0n) is 7.23. The van der Waals surface area contributed by atoms with Gasteiger partial charge in [-0.25, -0.2) is 0 Å². The fourth-order valence-electron chi connectivity index (χ4n) is 1.93. The highest BCUT2D eigenvalue weighted by molar-refractivity contribution is 5.83. The van der Waals surface area contributed by atoms with E-state index in [0.717, 1.165) is 6.42 Å². The third-order valence-corrected chi connectivity index (χ3v) is 3.19. The van der Waals surface area contributed by atoms with E-state index in [1.54, 1.807) is 0 Å². The molecule has 2 aliphatic carbocycles. The third-order valence-electron chi connectivity index (χ3n) is 3.19. The SMILES string of the molecule is CC1(CC(=O)C2CC2)CCC1. The predicted octanol–water partition coefficient (Wildman–Crippen LogP) is 2.55. The van der Waals surface area contributed by atoms with E-state index in [1.165, 1.54) is 32.1 Å². The van der Waals surface area contributed by atoms with Gasteiger partial charge < -0.3 is 0 Å². The van der Waals surface area contributed by atoms with Crippen molar-refractivity contribution in [2.24, 2.45) is 11.3 Å². The Morgan fingerprint density at radius 3 is 2.45 bits per heavy atom. The molecule has 0 spiro atoms. The molecule has 2 fully saturated rings. The van der Waals surface area contributed by atoms with Crippen molar-refractivity contribution >= 4 is 5.78 Å². The Balaban J connectivity index is 1.83. The molecular formula is C10H16O. The van der Waals surface area contributed by atoms with E-state index < -0.39 is 0 Å². The molecule has 0 bridgehead atoms. The second kappa shape index (κ2) is 2.33. The van der Waals surface area contributed by atoms with Crippen LogP contribution in [0.1, 0.15) is 45.4 Å². The van der Waals surface area contributed by atoms with Crippen molar-refractivity contribution in [2.75, 3.05) is 0 Å². The smallest absolute Gasteiger partial charge is 0.136 e. The average Bonchev–Trinajstić information content (AvgIpc) is 2.64. The van der Waals surface area contributed by atoms with Gasteiger partial charge >= 0.3 is 0 Å². The molecule has 0 aromatic carbocycles. The summed E-state index contributed by atoms with van der Waals surface area (Å²) in [6, 6.07) is 0. The molecule has 2 rings (SSSR count). The van der Waals surface area contributed by atoms with Gasteiger partial charge in [0, 0.05) is 12.3 Å². The molecule has 2 saturated carbocycles. The first-order valence-electron chi connectivity index (χ1n) is 4.72. The molecule has 0 aliphatic heterocycles. The number of rotatable bonds is 3. The van der Waals surface area contributed by atoms with E-state index in [-0.39, 0.29) is 0 Å². The lowest BCUT2D eigenvalue weighted by atomic mass is 9.67. The van der Waals surface area contributed by atoms with Crippen molar-refractivity contribution in [1.29, 1.82) is 0 Å². The molecule has 0 N–H and O–H groups in total. The fourth-order valence-corrected chi connectivity index (χ4v) is 1.93. The average molecular weight is 152 g/mol. The molecule has 1 nitrogen and oxygen atoms in total. The number of carbonyl (C=O) groups excluding carboxylic acids is 1. The van der Waals surface area contributed by atoms with Gasteiger partial charge in [-0.2, -0.15) is 0 Å². The minimum Gasteiger partial charge on any atom is -0.299 e. The van der Waals surface area contributed by atoms with Crippen molar-refractivity contribution in [3.63, 3.8) is 0 Å². The van der Waals surface area contributed by atoms with Gasteiger partial charge in [0.1, 0.15) is 5.78 Å². The fraction of sp³-hybridized carbons (Fsp3) is 0.900. The van der Waals surface area contributed by atoms with Crippen LogP contribution in [-0.4, -0.2) is 5.78 Å². The number of ketones is 1. The quantitative estimate of drug-likeness (QED) is 0.607. The Hall–Kier alpha value is -0.330. The van der Waals surface area contributed by atoms with E-state index in [4.69, 9.17) is 0 Å². The van der Waals surface area contributed by atoms with E-state index in [0.29, 0.717) is 17.1 Å². The summed E-state index contributed by atoms with van der Waals surface area (Å²) in [5.74, 6) is 1.03. The van der Waals surface area contributed by atoms with Crippen LogP contribution in [-0.2, 0) is 4.79 Å². The van der Waals surface area contributed by atoms with E-state index >= 15 is 0 Å². The zero-order chi connectivity index (χ0) is 7.90. The van der Waals surface area contributed by atoms with Gasteiger partial charge in [-0.05, 0) is 31.1 Å². The largest absolute Gasteiger partial charge is 0.299 e. The second-order valence-electron chi connectivity index (χ2n) is 4.58. The van der Waals surface area contributed by atoms with Crippen LogP contribution < -0.4 is 0 Å². The minimum atomic E-state index is 0.416. The first kappa shape index (κ1) is 7.33. The standard InChI is InChI=1S/C10H16O/c1-10(5-2-6-10)7-9(11)8-3-4-8/h8H,2-7H2,1H3. The maximum atomic E-state index is 11.4. The predicted molar refractivity (Wildman–Crippen MR) is 44.3 cm³/mol. The normalized spacial score (nSPS) is 27.7. The van der Waals surface area contributed by atoms with Gasteiger partial charge in [-0.15, -0.1) is 0 Å². The maximum absolute atomic E-state index is 11.4. The number of carbonyl (C=O) groups is 1. The Kier molecular flexibility index (Phi) is 1.55. The molecule has 2 aliphatic rings. The Bertz CT molecular complexity index is 175. The summed E-state index contributed by atoms with van der Waals surface area (Å²) in [6.07, 6.45) is 7.13. The molecule has 0 aromatic heterocycles. The Morgan fingerprint density at radius 2 is 2.09 bits per heavy atom. The molecule has 0 saturated heterocycles. The maximum Gasteiger partial charge on any atom is 0.136 e. The van der Waals surface area contributed by atoms with Crippen LogP contribution >= 0.6 is 0 Å². The second-order valence-corrected chi connectivity index (χ2v) is 4.58. The van der Waals surface area contributed by atoms with Gasteiger partial charge in [-0.1, -0.05) is 13.3 Å². The van der Waals surface area contributed by atoms with Crippen LogP contribution in [0.2, 0.25) is 0 Å². The molecule has 11 heavy (non-hydrogen) atoms. The molecular weight excluding hydrogens is 136 g/mol. The first-order valence-corrected chi connectivity index (χ1v) is 4.72. The topological polar surface area (TPSA) is 17.1 Å². The lowest BCUT2D eigenvalue weighted by Crippen LogP contribution is -2.28. The molecule has 62 valence electrons. The van der Waals surface area contributed by atoms with Gasteiger partial charge in [0.05, 0.1) is 0 Å². The molecule has 0 heterocycles. The summed E-state index contributed by atoms with van der Waals surface area (Å²) >= 11 is 0. The van der Waals surface area contributed by atoms with Crippen LogP contribution in [0, 0.1) is 11.3 Å². The number of Topliss-reactive ketones (excluding diaryl/α,β-unsaturated/α-hetero) is 1. The molecule has 0 amide bonds. The summed E-state index contributed by atoms with van der Waals surface area (Å²) in [5, 5.41) is 0. The Labute approximate surface area is 68.2 Å². The molecule has 0 aromatic rings. The third kappa shape index (κ3) is 1.47. The van der Waals surface area contributed by atoms with E-state index in [1.807, 2.05) is 0 Å². The summed E-state index contributed by atoms with van der Waals surface area (Å²) in [4.78, 5) is 11.4. The minimum absolute atomic E-state index is 0.416. The van der Waals surface area contributed by atoms with E-state index in [9.17, 15) is 4.79 Å². The highest BCUT2D eigenvalue weighted by Crippen LogP contribution is 2.45. The summed E-state index contributed by atoms with van der Waals surface area (Å²) < 4.78 is 0. The molecule has 1 heteroatoms. The van der Waals surface area contributed by atoms with Gasteiger partial charge in [0.2, 0.25) is 0 Å². The van der Waals surface area contributed by atoms with Crippen molar-refractivity contribution in [3.8, 4) is 0 Å². The lowest BCUT2D eigenvalue weighted by molar-refractivity contribution is -0.123. The number of hydrogen-bond donors (Lipinski definition) is 0. The number of hydrogen-bond acceptors (Lipinski definition) is 1. The van der Waals surface area contributed by atoms with E-state index in [2.05, 4.69) is 6.92 Å². The Morgan fingerprint density at radius 1 is 1.45 bits per heavy atom. The van der Waals surface area contributed by atoms with Crippen molar-refractivity contribution in [2.45, 2.75) is 45.4 Å². The van der Waals surface area contributed by atoms with Gasteiger partial charge in [-0.3, -0.25) is 4.79 Å². The summed E-state index contributed by atoms with van der Waals surface area (Å²) in [7, 11) is 0. The molecule has 0 unspecified atom stereocenters. The molecule has 0 radical (unpaired) electrons. The molecule has 0 atom stereocenters. The van der Waals surface area contributed by atoms with Gasteiger partial charge in [0.15, 0.2) is 0 Å². The first-order chi connectivity index (χ1) is 5.20. The van der Waals surface area contributed by atoms with Gasteiger partial charge in [0.25, 0.3) is 0 Å². The van der Waals surface area contributed by atoms with Crippen molar-refractivity contribution < 1.29 is 4.79 Å². The zero-order valence-corrected chi connectivity index (χ0v) is 7.23. The highest BCUT2D eigenvalue weighted by Gasteiger charge is 2.38. The van der Waals surface area contributed by atoms with Crippen LogP contribution in [0.5, 0.6) is 0 Å². The lowest BCUT2D eigenvalue weighted by Gasteiger charge is -2.37. The van der Waals surface area contributed by atoms with Crippen LogP contribution in [0.15, 0.2) is 0 Å². The van der Waals surface area contributed by atoms with Crippen LogP contribution in [0.4, 0.5) is 0 Å². The van der Waals surface area contributed by atoms with Crippen LogP contribution in [0.25, 0.3) is 0 Å².